The van der Waals surface area contributed by atoms with Gasteiger partial charge in [-0.25, -0.2) is 4.39 Å². The SMILES string of the molecule is Cc1nn(C)c2cnn(C(=O)c3ccccc3F)c12. The van der Waals surface area contributed by atoms with Crippen LogP contribution in [0.5, 0.6) is 0 Å². The second-order valence-corrected chi connectivity index (χ2v) is 4.28. The van der Waals surface area contributed by atoms with Gasteiger partial charge in [0.25, 0.3) is 5.91 Å². The molecule has 0 saturated carbocycles. The third-order valence-electron chi connectivity index (χ3n) is 3.04. The van der Waals surface area contributed by atoms with E-state index in [-0.39, 0.29) is 5.56 Å². The number of nitrogens with zero attached hydrogens (tertiary/aromatic N) is 4. The van der Waals surface area contributed by atoms with Crippen LogP contribution in [0.15, 0.2) is 30.5 Å². The minimum Gasteiger partial charge on any atom is -0.267 e. The minimum absolute atomic E-state index is 0.00393. The molecule has 96 valence electrons. The molecule has 1 aromatic carbocycles. The predicted molar refractivity (Wildman–Crippen MR) is 67.4 cm³/mol. The Balaban J connectivity index is 2.20. The van der Waals surface area contributed by atoms with Crippen molar-refractivity contribution in [3.05, 3.63) is 47.5 Å². The standard InChI is InChI=1S/C13H11FN4O/c1-8-12-11(17(2)16-8)7-15-18(12)13(19)9-5-3-4-6-10(9)14/h3-7H,1-2H3. The molecule has 0 fully saturated rings. The maximum Gasteiger partial charge on any atom is 0.281 e. The van der Waals surface area contributed by atoms with Crippen molar-refractivity contribution in [1.82, 2.24) is 19.6 Å². The molecule has 0 aliphatic carbocycles. The van der Waals surface area contributed by atoms with Crippen LogP contribution in [0.1, 0.15) is 16.1 Å². The molecular weight excluding hydrogens is 247 g/mol. The van der Waals surface area contributed by atoms with E-state index in [0.29, 0.717) is 11.2 Å². The van der Waals surface area contributed by atoms with Crippen LogP contribution in [0.25, 0.3) is 11.0 Å². The monoisotopic (exact) mass is 258 g/mol. The Morgan fingerprint density at radius 3 is 2.79 bits per heavy atom. The van der Waals surface area contributed by atoms with E-state index >= 15 is 0 Å². The summed E-state index contributed by atoms with van der Waals surface area (Å²) < 4.78 is 16.5. The van der Waals surface area contributed by atoms with Crippen molar-refractivity contribution < 1.29 is 9.18 Å². The Bertz CT molecular complexity index is 787. The molecule has 0 spiro atoms. The Kier molecular flexibility index (Phi) is 2.45. The first kappa shape index (κ1) is 11.6. The van der Waals surface area contributed by atoms with E-state index in [9.17, 15) is 9.18 Å². The van der Waals surface area contributed by atoms with Gasteiger partial charge in [0.05, 0.1) is 17.5 Å². The summed E-state index contributed by atoms with van der Waals surface area (Å²) in [6, 6.07) is 5.86. The van der Waals surface area contributed by atoms with Crippen molar-refractivity contribution in [2.24, 2.45) is 7.05 Å². The van der Waals surface area contributed by atoms with Gasteiger partial charge in [-0.3, -0.25) is 9.48 Å². The zero-order valence-corrected chi connectivity index (χ0v) is 10.5. The number of fused-ring (bicyclic) bond motifs is 1. The molecule has 0 atom stereocenters. The van der Waals surface area contributed by atoms with E-state index in [0.717, 1.165) is 5.52 Å². The number of hydrogen-bond donors (Lipinski definition) is 0. The summed E-state index contributed by atoms with van der Waals surface area (Å²) in [5.74, 6) is -1.05. The van der Waals surface area contributed by atoms with E-state index in [2.05, 4.69) is 10.2 Å². The van der Waals surface area contributed by atoms with E-state index < -0.39 is 11.7 Å². The van der Waals surface area contributed by atoms with Crippen LogP contribution < -0.4 is 0 Å². The average molecular weight is 258 g/mol. The first-order valence-electron chi connectivity index (χ1n) is 5.76. The summed E-state index contributed by atoms with van der Waals surface area (Å²) in [6.07, 6.45) is 1.55. The number of halogens is 1. The summed E-state index contributed by atoms with van der Waals surface area (Å²) in [5, 5.41) is 8.25. The third kappa shape index (κ3) is 1.64. The Morgan fingerprint density at radius 1 is 1.32 bits per heavy atom. The maximum atomic E-state index is 13.7. The number of aryl methyl sites for hydroxylation is 2. The van der Waals surface area contributed by atoms with Crippen LogP contribution in [-0.2, 0) is 7.05 Å². The van der Waals surface area contributed by atoms with Crippen LogP contribution in [0, 0.1) is 12.7 Å². The second-order valence-electron chi connectivity index (χ2n) is 4.28. The number of hydrogen-bond acceptors (Lipinski definition) is 3. The quantitative estimate of drug-likeness (QED) is 0.670. The van der Waals surface area contributed by atoms with Gasteiger partial charge in [0.15, 0.2) is 0 Å². The van der Waals surface area contributed by atoms with Crippen molar-refractivity contribution in [2.75, 3.05) is 0 Å². The first-order valence-corrected chi connectivity index (χ1v) is 5.76. The zero-order chi connectivity index (χ0) is 13.6. The fourth-order valence-electron chi connectivity index (χ4n) is 2.14. The van der Waals surface area contributed by atoms with Crippen LogP contribution in [0.2, 0.25) is 0 Å². The van der Waals surface area contributed by atoms with E-state index in [1.165, 1.54) is 16.8 Å². The summed E-state index contributed by atoms with van der Waals surface area (Å²) in [4.78, 5) is 12.3. The minimum atomic E-state index is -0.558. The van der Waals surface area contributed by atoms with Gasteiger partial charge in [0.2, 0.25) is 0 Å². The molecule has 0 bridgehead atoms. The van der Waals surface area contributed by atoms with Gasteiger partial charge in [-0.2, -0.15) is 14.9 Å². The molecule has 3 rings (SSSR count). The number of carbonyl (C=O) groups is 1. The zero-order valence-electron chi connectivity index (χ0n) is 10.5. The van der Waals surface area contributed by atoms with Crippen molar-refractivity contribution in [2.45, 2.75) is 6.92 Å². The van der Waals surface area contributed by atoms with Crippen LogP contribution in [0.3, 0.4) is 0 Å². The Labute approximate surface area is 108 Å². The van der Waals surface area contributed by atoms with Gasteiger partial charge < -0.3 is 0 Å². The largest absolute Gasteiger partial charge is 0.281 e. The molecule has 0 radical (unpaired) electrons. The molecule has 0 unspecified atom stereocenters. The molecular formula is C13H11FN4O. The lowest BCUT2D eigenvalue weighted by atomic mass is 10.2. The topological polar surface area (TPSA) is 52.7 Å². The van der Waals surface area contributed by atoms with E-state index in [1.54, 1.807) is 37.0 Å². The van der Waals surface area contributed by atoms with Crippen molar-refractivity contribution in [3.8, 4) is 0 Å². The normalized spacial score (nSPS) is 11.1. The number of benzene rings is 1. The van der Waals surface area contributed by atoms with Crippen molar-refractivity contribution >= 4 is 16.9 Å². The predicted octanol–water partition coefficient (Wildman–Crippen LogP) is 1.91. The van der Waals surface area contributed by atoms with Gasteiger partial charge in [0.1, 0.15) is 16.9 Å². The lowest BCUT2D eigenvalue weighted by Crippen LogP contribution is -2.15. The highest BCUT2D eigenvalue weighted by Gasteiger charge is 2.19. The highest BCUT2D eigenvalue weighted by molar-refractivity contribution is 6.01. The molecule has 2 heterocycles. The van der Waals surface area contributed by atoms with E-state index in [1.807, 2.05) is 0 Å². The Hall–Kier alpha value is -2.50. The summed E-state index contributed by atoms with van der Waals surface area (Å²) in [6.45, 7) is 1.79. The molecule has 0 aliphatic rings. The number of carbonyl (C=O) groups excluding carboxylic acids is 1. The summed E-state index contributed by atoms with van der Waals surface area (Å²) >= 11 is 0. The fourth-order valence-corrected chi connectivity index (χ4v) is 2.14. The van der Waals surface area contributed by atoms with Gasteiger partial charge in [0, 0.05) is 7.05 Å². The number of rotatable bonds is 1. The first-order chi connectivity index (χ1) is 9.09. The van der Waals surface area contributed by atoms with Gasteiger partial charge >= 0.3 is 0 Å². The van der Waals surface area contributed by atoms with Gasteiger partial charge in [-0.05, 0) is 19.1 Å². The molecule has 0 aliphatic heterocycles. The highest BCUT2D eigenvalue weighted by Crippen LogP contribution is 2.18. The highest BCUT2D eigenvalue weighted by atomic mass is 19.1. The summed E-state index contributed by atoms with van der Waals surface area (Å²) in [5.41, 5.74) is 2.02. The Morgan fingerprint density at radius 2 is 2.05 bits per heavy atom. The maximum absolute atomic E-state index is 13.7. The molecule has 0 N–H and O–H groups in total. The van der Waals surface area contributed by atoms with Gasteiger partial charge in [-0.15, -0.1) is 0 Å². The summed E-state index contributed by atoms with van der Waals surface area (Å²) in [7, 11) is 1.77. The number of aromatic nitrogens is 4. The van der Waals surface area contributed by atoms with Crippen molar-refractivity contribution in [3.63, 3.8) is 0 Å². The van der Waals surface area contributed by atoms with Crippen molar-refractivity contribution in [1.29, 1.82) is 0 Å². The molecule has 0 amide bonds. The average Bonchev–Trinajstić information content (AvgIpc) is 2.93. The molecule has 3 aromatic rings. The van der Waals surface area contributed by atoms with E-state index in [4.69, 9.17) is 0 Å². The molecule has 2 aromatic heterocycles. The third-order valence-corrected chi connectivity index (χ3v) is 3.04. The molecule has 5 nitrogen and oxygen atoms in total. The smallest absolute Gasteiger partial charge is 0.267 e. The lowest BCUT2D eigenvalue weighted by Gasteiger charge is -2.02. The lowest BCUT2D eigenvalue weighted by molar-refractivity contribution is 0.0946. The second kappa shape index (κ2) is 4.01. The van der Waals surface area contributed by atoms with Crippen LogP contribution >= 0.6 is 0 Å². The fraction of sp³-hybridized carbons (Fsp3) is 0.154. The van der Waals surface area contributed by atoms with Crippen LogP contribution in [0.4, 0.5) is 4.39 Å². The molecule has 0 saturated heterocycles. The van der Waals surface area contributed by atoms with Crippen LogP contribution in [-0.4, -0.2) is 25.5 Å². The van der Waals surface area contributed by atoms with Gasteiger partial charge in [-0.1, -0.05) is 12.1 Å². The molecule has 6 heteroatoms. The molecule has 19 heavy (non-hydrogen) atoms.